The summed E-state index contributed by atoms with van der Waals surface area (Å²) in [5.74, 6) is 2.28. The van der Waals surface area contributed by atoms with Gasteiger partial charge in [-0.2, -0.15) is 0 Å². The topological polar surface area (TPSA) is 39.2 Å². The van der Waals surface area contributed by atoms with Crippen molar-refractivity contribution in [3.8, 4) is 5.75 Å². The lowest BCUT2D eigenvalue weighted by Gasteiger charge is -2.28. The molecule has 0 unspecified atom stereocenters. The van der Waals surface area contributed by atoms with Crippen LogP contribution in [0.25, 0.3) is 0 Å². The Hall–Kier alpha value is -1.38. The molecule has 0 radical (unpaired) electrons. The van der Waals surface area contributed by atoms with Crippen molar-refractivity contribution in [3.63, 3.8) is 0 Å². The van der Waals surface area contributed by atoms with E-state index < -0.39 is 0 Å². The monoisotopic (exact) mass is 359 g/mol. The Bertz CT molecular complexity index is 503. The minimum absolute atomic E-state index is 0.146. The molecule has 0 amide bonds. The first-order valence-corrected chi connectivity index (χ1v) is 10.9. The molecule has 146 valence electrons. The smallest absolute Gasteiger partial charge is 0.311 e. The SMILES string of the molecule is CCCCCC(=O)Oc1ccc(CC[C@H]2CC[C@H](CCCC)CC2)nc1. The molecule has 1 heterocycles. The van der Waals surface area contributed by atoms with Crippen molar-refractivity contribution in [1.29, 1.82) is 0 Å². The summed E-state index contributed by atoms with van der Waals surface area (Å²) in [6.07, 6.45) is 17.4. The van der Waals surface area contributed by atoms with Gasteiger partial charge in [0.15, 0.2) is 0 Å². The fraction of sp³-hybridized carbons (Fsp3) is 0.739. The molecule has 1 aliphatic rings. The molecule has 3 nitrogen and oxygen atoms in total. The van der Waals surface area contributed by atoms with Crippen molar-refractivity contribution >= 4 is 5.97 Å². The van der Waals surface area contributed by atoms with Crippen molar-refractivity contribution in [2.75, 3.05) is 0 Å². The standard InChI is InChI=1S/C23H37NO2/c1-3-5-7-9-23(25)26-22-17-16-21(24-18-22)15-14-20-12-10-19(11-13-20)8-6-4-2/h16-20H,3-15H2,1-2H3/t19-,20-. The zero-order valence-electron chi connectivity index (χ0n) is 16.8. The van der Waals surface area contributed by atoms with Crippen molar-refractivity contribution in [1.82, 2.24) is 4.98 Å². The average molecular weight is 360 g/mol. The number of hydrogen-bond donors (Lipinski definition) is 0. The summed E-state index contributed by atoms with van der Waals surface area (Å²) in [4.78, 5) is 16.2. The van der Waals surface area contributed by atoms with E-state index in [0.29, 0.717) is 12.2 Å². The summed E-state index contributed by atoms with van der Waals surface area (Å²) in [5, 5.41) is 0. The van der Waals surface area contributed by atoms with Crippen LogP contribution in [0.5, 0.6) is 5.75 Å². The third-order valence-corrected chi connectivity index (χ3v) is 5.75. The van der Waals surface area contributed by atoms with Gasteiger partial charge in [0.05, 0.1) is 6.20 Å². The van der Waals surface area contributed by atoms with E-state index in [4.69, 9.17) is 4.74 Å². The van der Waals surface area contributed by atoms with E-state index in [1.54, 1.807) is 6.20 Å². The number of carbonyl (C=O) groups excluding carboxylic acids is 1. The maximum Gasteiger partial charge on any atom is 0.311 e. The summed E-state index contributed by atoms with van der Waals surface area (Å²) < 4.78 is 5.35. The van der Waals surface area contributed by atoms with Crippen molar-refractivity contribution in [2.24, 2.45) is 11.8 Å². The summed E-state index contributed by atoms with van der Waals surface area (Å²) in [6.45, 7) is 4.42. The molecule has 0 aliphatic heterocycles. The molecule has 0 aromatic carbocycles. The second kappa shape index (κ2) is 12.1. The number of carbonyl (C=O) groups is 1. The van der Waals surface area contributed by atoms with E-state index in [-0.39, 0.29) is 5.97 Å². The van der Waals surface area contributed by atoms with Crippen molar-refractivity contribution < 1.29 is 9.53 Å². The van der Waals surface area contributed by atoms with Gasteiger partial charge in [0.25, 0.3) is 0 Å². The van der Waals surface area contributed by atoms with Crippen LogP contribution < -0.4 is 4.74 Å². The number of ether oxygens (including phenoxy) is 1. The number of esters is 1. The summed E-state index contributed by atoms with van der Waals surface area (Å²) in [7, 11) is 0. The first-order chi connectivity index (χ1) is 12.7. The Morgan fingerprint density at radius 2 is 1.69 bits per heavy atom. The van der Waals surface area contributed by atoms with E-state index in [0.717, 1.165) is 43.2 Å². The Kier molecular flexibility index (Phi) is 9.73. The van der Waals surface area contributed by atoms with Crippen LogP contribution >= 0.6 is 0 Å². The lowest BCUT2D eigenvalue weighted by molar-refractivity contribution is -0.134. The van der Waals surface area contributed by atoms with Crippen LogP contribution in [0.3, 0.4) is 0 Å². The highest BCUT2D eigenvalue weighted by Gasteiger charge is 2.20. The average Bonchev–Trinajstić information content (AvgIpc) is 2.67. The minimum atomic E-state index is -0.146. The third-order valence-electron chi connectivity index (χ3n) is 5.75. The number of aryl methyl sites for hydroxylation is 1. The number of pyridine rings is 1. The zero-order valence-corrected chi connectivity index (χ0v) is 16.8. The second-order valence-electron chi connectivity index (χ2n) is 7.98. The van der Waals surface area contributed by atoms with Crippen LogP contribution in [-0.4, -0.2) is 11.0 Å². The quantitative estimate of drug-likeness (QED) is 0.334. The highest BCUT2D eigenvalue weighted by atomic mass is 16.5. The van der Waals surface area contributed by atoms with Crippen LogP contribution in [0.4, 0.5) is 0 Å². The molecule has 1 aromatic heterocycles. The summed E-state index contributed by atoms with van der Waals surface area (Å²) in [5.41, 5.74) is 1.11. The molecule has 0 atom stereocenters. The molecule has 1 fully saturated rings. The molecule has 0 spiro atoms. The fourth-order valence-electron chi connectivity index (χ4n) is 3.97. The van der Waals surface area contributed by atoms with Crippen LogP contribution in [0, 0.1) is 11.8 Å². The van der Waals surface area contributed by atoms with Gasteiger partial charge >= 0.3 is 5.97 Å². The Morgan fingerprint density at radius 1 is 1.00 bits per heavy atom. The lowest BCUT2D eigenvalue weighted by atomic mass is 9.78. The van der Waals surface area contributed by atoms with Gasteiger partial charge in [-0.3, -0.25) is 9.78 Å². The Labute approximate surface area is 159 Å². The van der Waals surface area contributed by atoms with E-state index in [9.17, 15) is 4.79 Å². The molecule has 3 heteroatoms. The maximum absolute atomic E-state index is 11.7. The van der Waals surface area contributed by atoms with Gasteiger partial charge in [0.1, 0.15) is 5.75 Å². The maximum atomic E-state index is 11.7. The number of aromatic nitrogens is 1. The first-order valence-electron chi connectivity index (χ1n) is 10.9. The molecule has 1 aromatic rings. The highest BCUT2D eigenvalue weighted by molar-refractivity contribution is 5.72. The van der Waals surface area contributed by atoms with E-state index in [1.165, 1.54) is 51.4 Å². The Morgan fingerprint density at radius 3 is 2.31 bits per heavy atom. The lowest BCUT2D eigenvalue weighted by Crippen LogP contribution is -2.15. The van der Waals surface area contributed by atoms with E-state index in [1.807, 2.05) is 12.1 Å². The largest absolute Gasteiger partial charge is 0.425 e. The molecule has 1 aliphatic carbocycles. The molecule has 0 saturated heterocycles. The molecule has 0 N–H and O–H groups in total. The van der Waals surface area contributed by atoms with Gasteiger partial charge in [-0.1, -0.05) is 71.6 Å². The number of unbranched alkanes of at least 4 members (excludes halogenated alkanes) is 3. The molecular formula is C23H37NO2. The molecule has 2 rings (SSSR count). The Balaban J connectivity index is 1.65. The van der Waals surface area contributed by atoms with Gasteiger partial charge in [-0.25, -0.2) is 0 Å². The van der Waals surface area contributed by atoms with Crippen LogP contribution in [0.1, 0.15) is 96.6 Å². The van der Waals surface area contributed by atoms with Crippen LogP contribution in [0.15, 0.2) is 18.3 Å². The van der Waals surface area contributed by atoms with Crippen molar-refractivity contribution in [2.45, 2.75) is 97.3 Å². The summed E-state index contributed by atoms with van der Waals surface area (Å²) >= 11 is 0. The fourth-order valence-corrected chi connectivity index (χ4v) is 3.97. The molecule has 0 bridgehead atoms. The van der Waals surface area contributed by atoms with Gasteiger partial charge in [0, 0.05) is 12.1 Å². The zero-order chi connectivity index (χ0) is 18.6. The normalized spacial score (nSPS) is 20.1. The van der Waals surface area contributed by atoms with E-state index >= 15 is 0 Å². The van der Waals surface area contributed by atoms with Crippen molar-refractivity contribution in [3.05, 3.63) is 24.0 Å². The van der Waals surface area contributed by atoms with Gasteiger partial charge in [-0.05, 0) is 43.2 Å². The molecular weight excluding hydrogens is 322 g/mol. The van der Waals surface area contributed by atoms with Gasteiger partial charge < -0.3 is 4.74 Å². The van der Waals surface area contributed by atoms with Crippen LogP contribution in [0.2, 0.25) is 0 Å². The number of hydrogen-bond acceptors (Lipinski definition) is 3. The third kappa shape index (κ3) is 7.88. The van der Waals surface area contributed by atoms with E-state index in [2.05, 4.69) is 18.8 Å². The minimum Gasteiger partial charge on any atom is -0.425 e. The predicted octanol–water partition coefficient (Wildman–Crippen LogP) is 6.50. The second-order valence-corrected chi connectivity index (χ2v) is 7.98. The first kappa shape index (κ1) is 20.9. The highest BCUT2D eigenvalue weighted by Crippen LogP contribution is 2.34. The van der Waals surface area contributed by atoms with Gasteiger partial charge in [-0.15, -0.1) is 0 Å². The predicted molar refractivity (Wildman–Crippen MR) is 107 cm³/mol. The van der Waals surface area contributed by atoms with Crippen LogP contribution in [-0.2, 0) is 11.2 Å². The molecule has 26 heavy (non-hydrogen) atoms. The number of nitrogens with zero attached hydrogens (tertiary/aromatic N) is 1. The molecule has 1 saturated carbocycles. The van der Waals surface area contributed by atoms with Gasteiger partial charge in [0.2, 0.25) is 0 Å². The number of rotatable bonds is 11. The summed E-state index contributed by atoms with van der Waals surface area (Å²) in [6, 6.07) is 3.91.